The number of anilines is 2. The number of alkyl halides is 3. The van der Waals surface area contributed by atoms with Crippen molar-refractivity contribution >= 4 is 39.0 Å². The maximum absolute atomic E-state index is 12.7. The SMILES string of the molecule is NS(=O)(=O)c1ccc2c(c1)N(C(=O)Nc1ccc(C(F)(F)F)c(Cl)c1)CC2. The molecule has 0 fully saturated rings. The van der Waals surface area contributed by atoms with E-state index in [4.69, 9.17) is 16.7 Å². The van der Waals surface area contributed by atoms with Crippen LogP contribution in [0.1, 0.15) is 11.1 Å². The van der Waals surface area contributed by atoms with Crippen LogP contribution in [0.15, 0.2) is 41.3 Å². The lowest BCUT2D eigenvalue weighted by Gasteiger charge is -2.19. The molecular weight excluding hydrogens is 407 g/mol. The van der Waals surface area contributed by atoms with Crippen LogP contribution in [0.3, 0.4) is 0 Å². The fraction of sp³-hybridized carbons (Fsp3) is 0.188. The Kier molecular flexibility index (Phi) is 4.83. The van der Waals surface area contributed by atoms with Crippen LogP contribution in [0, 0.1) is 0 Å². The van der Waals surface area contributed by atoms with Gasteiger partial charge >= 0.3 is 12.2 Å². The van der Waals surface area contributed by atoms with E-state index in [1.807, 2.05) is 0 Å². The molecule has 0 aromatic heterocycles. The molecule has 2 amide bonds. The first-order chi connectivity index (χ1) is 12.5. The van der Waals surface area contributed by atoms with Gasteiger partial charge in [-0.3, -0.25) is 4.90 Å². The monoisotopic (exact) mass is 419 g/mol. The van der Waals surface area contributed by atoms with Crippen molar-refractivity contribution in [3.63, 3.8) is 0 Å². The Morgan fingerprint density at radius 2 is 1.89 bits per heavy atom. The molecule has 11 heteroatoms. The quantitative estimate of drug-likeness (QED) is 0.778. The highest BCUT2D eigenvalue weighted by Gasteiger charge is 2.33. The number of sulfonamides is 1. The van der Waals surface area contributed by atoms with E-state index in [0.717, 1.165) is 23.8 Å². The van der Waals surface area contributed by atoms with Crippen molar-refractivity contribution in [1.82, 2.24) is 0 Å². The lowest BCUT2D eigenvalue weighted by molar-refractivity contribution is -0.137. The van der Waals surface area contributed by atoms with Gasteiger partial charge in [0.05, 0.1) is 21.2 Å². The molecule has 2 aromatic rings. The average Bonchev–Trinajstić information content (AvgIpc) is 2.96. The normalized spacial score (nSPS) is 14.2. The van der Waals surface area contributed by atoms with Crippen molar-refractivity contribution in [2.75, 3.05) is 16.8 Å². The molecule has 1 aliphatic rings. The zero-order valence-corrected chi connectivity index (χ0v) is 15.1. The van der Waals surface area contributed by atoms with Crippen molar-refractivity contribution in [3.05, 3.63) is 52.5 Å². The van der Waals surface area contributed by atoms with Gasteiger partial charge in [-0.15, -0.1) is 0 Å². The second-order valence-electron chi connectivity index (χ2n) is 5.86. The van der Waals surface area contributed by atoms with Gasteiger partial charge in [-0.2, -0.15) is 13.2 Å². The van der Waals surface area contributed by atoms with Crippen LogP contribution >= 0.6 is 11.6 Å². The van der Waals surface area contributed by atoms with Gasteiger partial charge in [0, 0.05) is 12.2 Å². The maximum atomic E-state index is 12.7. The predicted molar refractivity (Wildman–Crippen MR) is 94.3 cm³/mol. The molecule has 1 heterocycles. The van der Waals surface area contributed by atoms with E-state index < -0.39 is 32.8 Å². The minimum atomic E-state index is -4.60. The summed E-state index contributed by atoms with van der Waals surface area (Å²) in [5.41, 5.74) is 0.195. The van der Waals surface area contributed by atoms with Gasteiger partial charge in [-0.25, -0.2) is 18.4 Å². The van der Waals surface area contributed by atoms with Gasteiger partial charge in [0.2, 0.25) is 10.0 Å². The van der Waals surface area contributed by atoms with Gasteiger partial charge in [-0.05, 0) is 42.3 Å². The van der Waals surface area contributed by atoms with Gasteiger partial charge < -0.3 is 5.32 Å². The number of halogens is 4. The molecule has 0 radical (unpaired) electrons. The number of hydrogen-bond donors (Lipinski definition) is 2. The van der Waals surface area contributed by atoms with E-state index in [1.165, 1.54) is 17.0 Å². The van der Waals surface area contributed by atoms with Crippen molar-refractivity contribution in [3.8, 4) is 0 Å². The zero-order valence-electron chi connectivity index (χ0n) is 13.5. The third-order valence-electron chi connectivity index (χ3n) is 4.05. The Balaban J connectivity index is 1.84. The fourth-order valence-electron chi connectivity index (χ4n) is 2.76. The second-order valence-corrected chi connectivity index (χ2v) is 7.83. The van der Waals surface area contributed by atoms with E-state index in [0.29, 0.717) is 12.1 Å². The van der Waals surface area contributed by atoms with Gasteiger partial charge in [0.1, 0.15) is 0 Å². The predicted octanol–water partition coefficient (Wildman–Crippen LogP) is 3.60. The summed E-state index contributed by atoms with van der Waals surface area (Å²) in [7, 11) is -3.94. The van der Waals surface area contributed by atoms with Crippen LogP contribution in [0.4, 0.5) is 29.3 Å². The number of fused-ring (bicyclic) bond motifs is 1. The summed E-state index contributed by atoms with van der Waals surface area (Å²) < 4.78 is 61.3. The standard InChI is InChI=1S/C16H13ClF3N3O3S/c17-13-7-10(2-4-12(13)16(18,19)20)22-15(24)23-6-5-9-1-3-11(8-14(9)23)27(21,25)26/h1-4,7-8H,5-6H2,(H,22,24)(H2,21,25,26). The number of nitrogens with one attached hydrogen (secondary N) is 1. The minimum absolute atomic E-state index is 0.0778. The molecule has 0 saturated heterocycles. The molecule has 144 valence electrons. The van der Waals surface area contributed by atoms with Crippen LogP contribution in [-0.4, -0.2) is 21.0 Å². The number of urea groups is 1. The Bertz CT molecular complexity index is 1030. The second kappa shape index (κ2) is 6.70. The van der Waals surface area contributed by atoms with Crippen molar-refractivity contribution in [2.45, 2.75) is 17.5 Å². The van der Waals surface area contributed by atoms with Crippen LogP contribution in [0.2, 0.25) is 5.02 Å². The molecule has 0 bridgehead atoms. The van der Waals surface area contributed by atoms with Gasteiger partial charge in [-0.1, -0.05) is 17.7 Å². The molecule has 0 aliphatic carbocycles. The summed E-state index contributed by atoms with van der Waals surface area (Å²) in [6.45, 7) is 0.281. The molecule has 0 spiro atoms. The van der Waals surface area contributed by atoms with Crippen molar-refractivity contribution in [2.24, 2.45) is 5.14 Å². The van der Waals surface area contributed by atoms with Crippen LogP contribution < -0.4 is 15.4 Å². The number of carbonyl (C=O) groups is 1. The summed E-state index contributed by atoms with van der Waals surface area (Å²) >= 11 is 5.64. The number of carbonyl (C=O) groups excluding carboxylic acids is 1. The Morgan fingerprint density at radius 3 is 2.48 bits per heavy atom. The minimum Gasteiger partial charge on any atom is -0.307 e. The third kappa shape index (κ3) is 4.02. The number of hydrogen-bond acceptors (Lipinski definition) is 3. The Morgan fingerprint density at radius 1 is 1.19 bits per heavy atom. The molecule has 0 saturated carbocycles. The summed E-state index contributed by atoms with van der Waals surface area (Å²) in [5, 5.41) is 7.02. The van der Waals surface area contributed by atoms with Gasteiger partial charge in [0.25, 0.3) is 0 Å². The Labute approximate surface area is 157 Å². The lowest BCUT2D eigenvalue weighted by Crippen LogP contribution is -2.33. The van der Waals surface area contributed by atoms with E-state index >= 15 is 0 Å². The topological polar surface area (TPSA) is 92.5 Å². The highest BCUT2D eigenvalue weighted by Crippen LogP contribution is 2.36. The average molecular weight is 420 g/mol. The molecule has 0 unspecified atom stereocenters. The fourth-order valence-corrected chi connectivity index (χ4v) is 3.58. The Hall–Kier alpha value is -2.30. The number of primary sulfonamides is 1. The lowest BCUT2D eigenvalue weighted by atomic mass is 10.2. The zero-order chi connectivity index (χ0) is 20.0. The summed E-state index contributed by atoms with van der Waals surface area (Å²) in [6, 6.07) is 6.44. The van der Waals surface area contributed by atoms with E-state index in [2.05, 4.69) is 5.32 Å². The molecular formula is C16H13ClF3N3O3S. The molecule has 0 atom stereocenters. The summed E-state index contributed by atoms with van der Waals surface area (Å²) in [5.74, 6) is 0. The van der Waals surface area contributed by atoms with Crippen molar-refractivity contribution in [1.29, 1.82) is 0 Å². The number of amides is 2. The summed E-state index contributed by atoms with van der Waals surface area (Å²) in [4.78, 5) is 13.6. The molecule has 3 rings (SSSR count). The van der Waals surface area contributed by atoms with E-state index in [9.17, 15) is 26.4 Å². The largest absolute Gasteiger partial charge is 0.417 e. The third-order valence-corrected chi connectivity index (χ3v) is 5.28. The van der Waals surface area contributed by atoms with Crippen molar-refractivity contribution < 1.29 is 26.4 Å². The number of benzene rings is 2. The highest BCUT2D eigenvalue weighted by atomic mass is 35.5. The highest BCUT2D eigenvalue weighted by molar-refractivity contribution is 7.89. The maximum Gasteiger partial charge on any atom is 0.417 e. The van der Waals surface area contributed by atoms with Crippen LogP contribution in [0.5, 0.6) is 0 Å². The molecule has 6 nitrogen and oxygen atoms in total. The summed E-state index contributed by atoms with van der Waals surface area (Å²) in [6.07, 6.45) is -4.10. The molecule has 2 aromatic carbocycles. The molecule has 1 aliphatic heterocycles. The van der Waals surface area contributed by atoms with Crippen LogP contribution in [-0.2, 0) is 22.6 Å². The molecule has 3 N–H and O–H groups in total. The smallest absolute Gasteiger partial charge is 0.307 e. The van der Waals surface area contributed by atoms with Crippen LogP contribution in [0.25, 0.3) is 0 Å². The number of nitrogens with zero attached hydrogens (tertiary/aromatic N) is 1. The number of rotatable bonds is 2. The van der Waals surface area contributed by atoms with E-state index in [1.54, 1.807) is 6.07 Å². The number of nitrogens with two attached hydrogens (primary N) is 1. The first-order valence-corrected chi connectivity index (χ1v) is 9.50. The first-order valence-electron chi connectivity index (χ1n) is 7.58. The van der Waals surface area contributed by atoms with Gasteiger partial charge in [0.15, 0.2) is 0 Å². The molecule has 27 heavy (non-hydrogen) atoms. The first kappa shape index (κ1) is 19.5. The van der Waals surface area contributed by atoms with E-state index in [-0.39, 0.29) is 17.1 Å².